The largest absolute Gasteiger partial charge is 0.454 e. The molecule has 0 aromatic heterocycles. The summed E-state index contributed by atoms with van der Waals surface area (Å²) in [7, 11) is 0. The number of carbonyl (C=O) groups is 3. The van der Waals surface area contributed by atoms with Crippen LogP contribution in [0.15, 0.2) is 78.9 Å². The van der Waals surface area contributed by atoms with Crippen molar-refractivity contribution >= 4 is 17.5 Å². The van der Waals surface area contributed by atoms with E-state index in [1.165, 1.54) is 13.0 Å². The van der Waals surface area contributed by atoms with Gasteiger partial charge in [-0.1, -0.05) is 72.8 Å². The van der Waals surface area contributed by atoms with Gasteiger partial charge < -0.3 is 4.74 Å². The van der Waals surface area contributed by atoms with Crippen LogP contribution in [0.2, 0.25) is 0 Å². The lowest BCUT2D eigenvalue weighted by Gasteiger charge is -2.08. The van der Waals surface area contributed by atoms with Crippen molar-refractivity contribution in [3.8, 4) is 11.1 Å². The van der Waals surface area contributed by atoms with Crippen LogP contribution in [-0.4, -0.2) is 24.1 Å². The minimum absolute atomic E-state index is 0.164. The summed E-state index contributed by atoms with van der Waals surface area (Å²) >= 11 is 0. The maximum atomic E-state index is 12.3. The van der Waals surface area contributed by atoms with Gasteiger partial charge in [0, 0.05) is 11.1 Å². The second-order valence-corrected chi connectivity index (χ2v) is 6.04. The van der Waals surface area contributed by atoms with E-state index in [9.17, 15) is 14.4 Å². The molecule has 0 aliphatic carbocycles. The van der Waals surface area contributed by atoms with Crippen LogP contribution < -0.4 is 0 Å². The maximum absolute atomic E-state index is 12.3. The number of ketones is 2. The topological polar surface area (TPSA) is 60.4 Å². The van der Waals surface area contributed by atoms with Crippen molar-refractivity contribution in [2.75, 3.05) is 6.61 Å². The molecule has 0 N–H and O–H groups in total. The van der Waals surface area contributed by atoms with Crippen LogP contribution in [-0.2, 0) is 4.74 Å². The summed E-state index contributed by atoms with van der Waals surface area (Å²) in [6, 6.07) is 23.4. The van der Waals surface area contributed by atoms with Gasteiger partial charge in [0.25, 0.3) is 0 Å². The minimum Gasteiger partial charge on any atom is -0.454 e. The van der Waals surface area contributed by atoms with Crippen molar-refractivity contribution in [2.24, 2.45) is 0 Å². The average Bonchev–Trinajstić information content (AvgIpc) is 2.72. The van der Waals surface area contributed by atoms with Gasteiger partial charge in [0.1, 0.15) is 0 Å². The van der Waals surface area contributed by atoms with Gasteiger partial charge in [0.15, 0.2) is 18.2 Å². The summed E-state index contributed by atoms with van der Waals surface area (Å²) in [6.45, 7) is 1.00. The molecule has 0 saturated heterocycles. The fourth-order valence-electron chi connectivity index (χ4n) is 2.74. The van der Waals surface area contributed by atoms with Gasteiger partial charge in [-0.2, -0.15) is 0 Å². The molecule has 0 fully saturated rings. The van der Waals surface area contributed by atoms with E-state index >= 15 is 0 Å². The summed E-state index contributed by atoms with van der Waals surface area (Å²) in [5, 5.41) is 0. The molecule has 4 nitrogen and oxygen atoms in total. The molecule has 0 spiro atoms. The first-order chi connectivity index (χ1) is 13.1. The van der Waals surface area contributed by atoms with Gasteiger partial charge in [0.2, 0.25) is 0 Å². The Morgan fingerprint density at radius 1 is 0.704 bits per heavy atom. The summed E-state index contributed by atoms with van der Waals surface area (Å²) < 4.78 is 5.11. The van der Waals surface area contributed by atoms with E-state index in [1.54, 1.807) is 30.3 Å². The highest BCUT2D eigenvalue weighted by Crippen LogP contribution is 2.19. The zero-order chi connectivity index (χ0) is 19.2. The van der Waals surface area contributed by atoms with Crippen molar-refractivity contribution in [3.05, 3.63) is 95.6 Å². The first kappa shape index (κ1) is 18.3. The van der Waals surface area contributed by atoms with E-state index in [1.807, 2.05) is 42.5 Å². The van der Waals surface area contributed by atoms with Gasteiger partial charge in [-0.3, -0.25) is 9.59 Å². The van der Waals surface area contributed by atoms with Crippen LogP contribution in [0.5, 0.6) is 0 Å². The second-order valence-electron chi connectivity index (χ2n) is 6.04. The van der Waals surface area contributed by atoms with Crippen molar-refractivity contribution < 1.29 is 19.1 Å². The highest BCUT2D eigenvalue weighted by Gasteiger charge is 2.17. The number of rotatable bonds is 6. The van der Waals surface area contributed by atoms with E-state index in [0.717, 1.165) is 11.1 Å². The van der Waals surface area contributed by atoms with Crippen LogP contribution >= 0.6 is 0 Å². The van der Waals surface area contributed by atoms with Crippen molar-refractivity contribution in [1.29, 1.82) is 0 Å². The molecule has 0 heterocycles. The van der Waals surface area contributed by atoms with E-state index in [4.69, 9.17) is 4.74 Å². The predicted molar refractivity (Wildman–Crippen MR) is 103 cm³/mol. The Balaban J connectivity index is 1.66. The number of esters is 1. The SMILES string of the molecule is CC(=O)c1ccccc1C(=O)OCC(=O)c1ccc(-c2ccccc2)cc1. The third-order valence-electron chi connectivity index (χ3n) is 4.17. The van der Waals surface area contributed by atoms with E-state index in [-0.39, 0.29) is 29.3 Å². The summed E-state index contributed by atoms with van der Waals surface area (Å²) in [4.78, 5) is 36.1. The van der Waals surface area contributed by atoms with Crippen LogP contribution in [0.25, 0.3) is 11.1 Å². The summed E-state index contributed by atoms with van der Waals surface area (Å²) in [5.74, 6) is -1.22. The Bertz CT molecular complexity index is 973. The van der Waals surface area contributed by atoms with Crippen LogP contribution in [0, 0.1) is 0 Å². The van der Waals surface area contributed by atoms with E-state index in [0.29, 0.717) is 5.56 Å². The predicted octanol–water partition coefficient (Wildman–Crippen LogP) is 4.60. The van der Waals surface area contributed by atoms with Crippen molar-refractivity contribution in [1.82, 2.24) is 0 Å². The zero-order valence-corrected chi connectivity index (χ0v) is 14.8. The fraction of sp³-hybridized carbons (Fsp3) is 0.0870. The van der Waals surface area contributed by atoms with E-state index in [2.05, 4.69) is 0 Å². The fourth-order valence-corrected chi connectivity index (χ4v) is 2.74. The lowest BCUT2D eigenvalue weighted by Crippen LogP contribution is -2.16. The van der Waals surface area contributed by atoms with Gasteiger partial charge >= 0.3 is 5.97 Å². The van der Waals surface area contributed by atoms with E-state index < -0.39 is 5.97 Å². The number of Topliss-reactive ketones (excluding diaryl/α,β-unsaturated/α-hetero) is 2. The summed E-state index contributed by atoms with van der Waals surface area (Å²) in [6.07, 6.45) is 0. The molecule has 0 atom stereocenters. The lowest BCUT2D eigenvalue weighted by atomic mass is 10.0. The number of ether oxygens (including phenoxy) is 1. The van der Waals surface area contributed by atoms with Crippen LogP contribution in [0.4, 0.5) is 0 Å². The number of hydrogen-bond donors (Lipinski definition) is 0. The van der Waals surface area contributed by atoms with Gasteiger partial charge in [-0.25, -0.2) is 4.79 Å². The molecule has 0 radical (unpaired) electrons. The second kappa shape index (κ2) is 8.23. The minimum atomic E-state index is -0.685. The molecule has 0 aliphatic heterocycles. The lowest BCUT2D eigenvalue weighted by molar-refractivity contribution is 0.0472. The molecule has 4 heteroatoms. The van der Waals surface area contributed by atoms with Gasteiger partial charge in [-0.15, -0.1) is 0 Å². The Labute approximate surface area is 157 Å². The molecule has 3 rings (SSSR count). The highest BCUT2D eigenvalue weighted by molar-refractivity contribution is 6.06. The molecule has 27 heavy (non-hydrogen) atoms. The Hall–Kier alpha value is -3.53. The van der Waals surface area contributed by atoms with Gasteiger partial charge in [0.05, 0.1) is 5.56 Å². The molecule has 0 unspecified atom stereocenters. The highest BCUT2D eigenvalue weighted by atomic mass is 16.5. The van der Waals surface area contributed by atoms with Crippen LogP contribution in [0.3, 0.4) is 0 Å². The molecule has 0 amide bonds. The third-order valence-corrected chi connectivity index (χ3v) is 4.17. The van der Waals surface area contributed by atoms with Crippen molar-refractivity contribution in [3.63, 3.8) is 0 Å². The first-order valence-corrected chi connectivity index (χ1v) is 8.52. The van der Waals surface area contributed by atoms with Crippen LogP contribution in [0.1, 0.15) is 38.0 Å². The quantitative estimate of drug-likeness (QED) is 0.477. The molecule has 0 bridgehead atoms. The molecule has 0 saturated carbocycles. The Morgan fingerprint density at radius 3 is 1.89 bits per heavy atom. The first-order valence-electron chi connectivity index (χ1n) is 8.52. The third kappa shape index (κ3) is 4.36. The molecule has 0 aliphatic rings. The molecular weight excluding hydrogens is 340 g/mol. The number of hydrogen-bond acceptors (Lipinski definition) is 4. The number of carbonyl (C=O) groups excluding carboxylic acids is 3. The monoisotopic (exact) mass is 358 g/mol. The zero-order valence-electron chi connectivity index (χ0n) is 14.8. The maximum Gasteiger partial charge on any atom is 0.339 e. The standard InChI is InChI=1S/C23H18O4/c1-16(24)20-9-5-6-10-21(20)23(26)27-15-22(25)19-13-11-18(12-14-19)17-7-3-2-4-8-17/h2-14H,15H2,1H3. The Morgan fingerprint density at radius 2 is 1.26 bits per heavy atom. The Kier molecular flexibility index (Phi) is 5.57. The average molecular weight is 358 g/mol. The smallest absolute Gasteiger partial charge is 0.339 e. The molecule has 3 aromatic rings. The van der Waals surface area contributed by atoms with Crippen molar-refractivity contribution in [2.45, 2.75) is 6.92 Å². The molecular formula is C23H18O4. The molecule has 3 aromatic carbocycles. The summed E-state index contributed by atoms with van der Waals surface area (Å²) in [5.41, 5.74) is 2.96. The molecule has 134 valence electrons. The van der Waals surface area contributed by atoms with Gasteiger partial charge in [-0.05, 0) is 24.1 Å². The number of benzene rings is 3. The normalized spacial score (nSPS) is 10.3.